The molecular weight excluding hydrogens is 418 g/mol. The second-order valence-corrected chi connectivity index (χ2v) is 8.01. The summed E-state index contributed by atoms with van der Waals surface area (Å²) in [6.45, 7) is 0.732. The molecule has 0 radical (unpaired) electrons. The number of ether oxygens (including phenoxy) is 1. The molecule has 5 rings (SSSR count). The first-order valence-electron chi connectivity index (χ1n) is 10.8. The molecule has 0 amide bonds. The van der Waals surface area contributed by atoms with E-state index < -0.39 is 5.97 Å². The lowest BCUT2D eigenvalue weighted by Gasteiger charge is -2.32. The van der Waals surface area contributed by atoms with E-state index in [1.165, 1.54) is 5.56 Å². The summed E-state index contributed by atoms with van der Waals surface area (Å²) in [6.07, 6.45) is 1.88. The van der Waals surface area contributed by atoms with Gasteiger partial charge < -0.3 is 19.8 Å². The van der Waals surface area contributed by atoms with E-state index in [1.54, 1.807) is 25.3 Å². The summed E-state index contributed by atoms with van der Waals surface area (Å²) in [7, 11) is 1.66. The smallest absolute Gasteiger partial charge is 0.335 e. The fourth-order valence-electron chi connectivity index (χ4n) is 4.25. The number of hydrogen-bond donors (Lipinski definition) is 2. The van der Waals surface area contributed by atoms with Gasteiger partial charge in [-0.05, 0) is 60.4 Å². The van der Waals surface area contributed by atoms with Gasteiger partial charge in [0.25, 0.3) is 0 Å². The van der Waals surface area contributed by atoms with Crippen LogP contribution in [0.15, 0.2) is 60.7 Å². The van der Waals surface area contributed by atoms with E-state index in [9.17, 15) is 15.0 Å². The molecule has 33 heavy (non-hydrogen) atoms. The number of fused-ring (bicyclic) bond motifs is 2. The van der Waals surface area contributed by atoms with Gasteiger partial charge in [-0.15, -0.1) is 0 Å². The molecule has 7 nitrogen and oxygen atoms in total. The van der Waals surface area contributed by atoms with Crippen LogP contribution >= 0.6 is 0 Å². The summed E-state index contributed by atoms with van der Waals surface area (Å²) >= 11 is 0. The van der Waals surface area contributed by atoms with E-state index in [1.807, 2.05) is 42.5 Å². The second kappa shape index (κ2) is 8.52. The number of aliphatic hydroxyl groups is 1. The molecule has 0 spiro atoms. The molecular formula is C26H23N3O4. The van der Waals surface area contributed by atoms with Crippen LogP contribution in [0.1, 0.15) is 27.9 Å². The summed E-state index contributed by atoms with van der Waals surface area (Å²) in [5.74, 6) is 0.485. The van der Waals surface area contributed by atoms with Crippen molar-refractivity contribution in [2.45, 2.75) is 19.4 Å². The molecule has 0 aliphatic carbocycles. The first-order chi connectivity index (χ1) is 16.1. The van der Waals surface area contributed by atoms with Gasteiger partial charge in [0.2, 0.25) is 0 Å². The van der Waals surface area contributed by atoms with E-state index >= 15 is 0 Å². The fourth-order valence-corrected chi connectivity index (χ4v) is 4.25. The number of aryl methyl sites for hydroxylation is 1. The monoisotopic (exact) mass is 441 g/mol. The van der Waals surface area contributed by atoms with Crippen LogP contribution in [0.5, 0.6) is 5.75 Å². The number of aliphatic hydroxyl groups excluding tert-OH is 1. The molecule has 4 aromatic rings. The maximum absolute atomic E-state index is 11.5. The van der Waals surface area contributed by atoms with Crippen LogP contribution in [0.2, 0.25) is 0 Å². The minimum Gasteiger partial charge on any atom is -0.497 e. The quantitative estimate of drug-likeness (QED) is 0.468. The molecule has 1 aliphatic rings. The van der Waals surface area contributed by atoms with Crippen molar-refractivity contribution in [2.24, 2.45) is 0 Å². The Morgan fingerprint density at radius 2 is 1.85 bits per heavy atom. The molecule has 0 saturated heterocycles. The average Bonchev–Trinajstić information content (AvgIpc) is 2.86. The molecule has 0 atom stereocenters. The predicted molar refractivity (Wildman–Crippen MR) is 126 cm³/mol. The van der Waals surface area contributed by atoms with Crippen molar-refractivity contribution in [3.05, 3.63) is 77.4 Å². The predicted octanol–water partition coefficient (Wildman–Crippen LogP) is 4.58. The highest BCUT2D eigenvalue weighted by Crippen LogP contribution is 2.39. The third-order valence-electron chi connectivity index (χ3n) is 5.96. The van der Waals surface area contributed by atoms with Crippen LogP contribution in [0, 0.1) is 0 Å². The molecule has 2 N–H and O–H groups in total. The Morgan fingerprint density at radius 1 is 1.03 bits per heavy atom. The third-order valence-corrected chi connectivity index (χ3v) is 5.96. The van der Waals surface area contributed by atoms with E-state index in [2.05, 4.69) is 4.90 Å². The number of benzene rings is 3. The van der Waals surface area contributed by atoms with Gasteiger partial charge in [-0.1, -0.05) is 24.3 Å². The first-order valence-corrected chi connectivity index (χ1v) is 10.8. The zero-order valence-corrected chi connectivity index (χ0v) is 18.2. The number of nitrogens with zero attached hydrogens (tertiary/aromatic N) is 3. The van der Waals surface area contributed by atoms with Gasteiger partial charge in [-0.3, -0.25) is 0 Å². The number of rotatable bonds is 5. The van der Waals surface area contributed by atoms with E-state index in [0.717, 1.165) is 42.0 Å². The molecule has 0 saturated carbocycles. The van der Waals surface area contributed by atoms with Crippen molar-refractivity contribution in [3.8, 4) is 17.0 Å². The number of aromatic carboxylic acids is 1. The minimum absolute atomic E-state index is 0.0319. The number of carboxylic acid groups (broad SMARTS) is 1. The fraction of sp³-hybridized carbons (Fsp3) is 0.192. The van der Waals surface area contributed by atoms with Gasteiger partial charge >= 0.3 is 5.97 Å². The van der Waals surface area contributed by atoms with Gasteiger partial charge in [0, 0.05) is 17.8 Å². The lowest BCUT2D eigenvalue weighted by Crippen LogP contribution is -2.26. The number of carboxylic acids is 1. The summed E-state index contributed by atoms with van der Waals surface area (Å²) in [5.41, 5.74) is 5.93. The van der Waals surface area contributed by atoms with Crippen LogP contribution in [0.25, 0.3) is 22.3 Å². The van der Waals surface area contributed by atoms with Crippen LogP contribution in [-0.4, -0.2) is 39.8 Å². The zero-order chi connectivity index (χ0) is 22.9. The molecule has 0 bridgehead atoms. The summed E-state index contributed by atoms with van der Waals surface area (Å²) < 4.78 is 5.41. The Hall–Kier alpha value is -3.97. The highest BCUT2D eigenvalue weighted by molar-refractivity contribution is 5.94. The molecule has 1 aromatic heterocycles. The Balaban J connectivity index is 1.72. The summed E-state index contributed by atoms with van der Waals surface area (Å²) in [4.78, 5) is 23.5. The molecule has 0 unspecified atom stereocenters. The highest BCUT2D eigenvalue weighted by Gasteiger charge is 2.24. The number of anilines is 2. The van der Waals surface area contributed by atoms with Crippen molar-refractivity contribution >= 4 is 28.5 Å². The van der Waals surface area contributed by atoms with Crippen LogP contribution in [-0.2, 0) is 13.0 Å². The van der Waals surface area contributed by atoms with Crippen molar-refractivity contribution in [1.29, 1.82) is 0 Å². The maximum Gasteiger partial charge on any atom is 0.335 e. The lowest BCUT2D eigenvalue weighted by atomic mass is 10.00. The number of methoxy groups -OCH3 is 1. The lowest BCUT2D eigenvalue weighted by molar-refractivity contribution is 0.0697. The first kappa shape index (κ1) is 20.9. The summed E-state index contributed by atoms with van der Waals surface area (Å²) in [6, 6.07) is 18.4. The van der Waals surface area contributed by atoms with E-state index in [0.29, 0.717) is 22.5 Å². The van der Waals surface area contributed by atoms with Crippen LogP contribution in [0.3, 0.4) is 0 Å². The standard InChI is InChI=1S/C26H23N3O4/c1-33-20-9-11-23-18(13-20)3-2-12-29(23)25-24(17-6-4-16(15-30)5-7-17)27-21-10-8-19(26(31)32)14-22(21)28-25/h4-11,13-14,30H,2-3,12,15H2,1H3,(H,31,32). The Morgan fingerprint density at radius 3 is 2.58 bits per heavy atom. The largest absolute Gasteiger partial charge is 0.497 e. The Kier molecular flexibility index (Phi) is 5.40. The number of carbonyl (C=O) groups is 1. The van der Waals surface area contributed by atoms with Crippen molar-refractivity contribution in [3.63, 3.8) is 0 Å². The molecule has 3 aromatic carbocycles. The van der Waals surface area contributed by atoms with Gasteiger partial charge in [-0.25, -0.2) is 14.8 Å². The molecule has 2 heterocycles. The third kappa shape index (κ3) is 3.87. The van der Waals surface area contributed by atoms with E-state index in [-0.39, 0.29) is 12.2 Å². The topological polar surface area (TPSA) is 95.8 Å². The van der Waals surface area contributed by atoms with Crippen LogP contribution < -0.4 is 9.64 Å². The zero-order valence-electron chi connectivity index (χ0n) is 18.2. The summed E-state index contributed by atoms with van der Waals surface area (Å²) in [5, 5.41) is 18.9. The van der Waals surface area contributed by atoms with Gasteiger partial charge in [0.05, 0.1) is 30.3 Å². The Bertz CT molecular complexity index is 1350. The van der Waals surface area contributed by atoms with Gasteiger partial charge in [-0.2, -0.15) is 0 Å². The number of hydrogen-bond acceptors (Lipinski definition) is 6. The molecule has 166 valence electrons. The normalized spacial score (nSPS) is 13.1. The average molecular weight is 441 g/mol. The molecule has 7 heteroatoms. The maximum atomic E-state index is 11.5. The van der Waals surface area contributed by atoms with E-state index in [4.69, 9.17) is 14.7 Å². The molecule has 1 aliphatic heterocycles. The second-order valence-electron chi connectivity index (χ2n) is 8.01. The van der Waals surface area contributed by atoms with Crippen molar-refractivity contribution in [1.82, 2.24) is 9.97 Å². The Labute approximate surface area is 190 Å². The van der Waals surface area contributed by atoms with Crippen LogP contribution in [0.4, 0.5) is 11.5 Å². The SMILES string of the molecule is COc1ccc2c(c1)CCCN2c1nc2cc(C(=O)O)ccc2nc1-c1ccc(CO)cc1. The minimum atomic E-state index is -1.00. The van der Waals surface area contributed by atoms with Gasteiger partial charge in [0.1, 0.15) is 11.4 Å². The molecule has 0 fully saturated rings. The van der Waals surface area contributed by atoms with Crippen molar-refractivity contribution in [2.75, 3.05) is 18.6 Å². The van der Waals surface area contributed by atoms with Gasteiger partial charge in [0.15, 0.2) is 5.82 Å². The highest BCUT2D eigenvalue weighted by atomic mass is 16.5. The van der Waals surface area contributed by atoms with Crippen molar-refractivity contribution < 1.29 is 19.7 Å². The number of aromatic nitrogens is 2.